The van der Waals surface area contributed by atoms with E-state index in [2.05, 4.69) is 21.5 Å². The van der Waals surface area contributed by atoms with Crippen molar-refractivity contribution in [3.63, 3.8) is 0 Å². The van der Waals surface area contributed by atoms with Gasteiger partial charge in [0.25, 0.3) is 0 Å². The van der Waals surface area contributed by atoms with Crippen molar-refractivity contribution in [3.8, 4) is 6.07 Å². The second-order valence-electron chi connectivity index (χ2n) is 5.03. The summed E-state index contributed by atoms with van der Waals surface area (Å²) >= 11 is 0. The Balaban J connectivity index is 2.56. The summed E-state index contributed by atoms with van der Waals surface area (Å²) in [6, 6.07) is 2.22. The average Bonchev–Trinajstić information content (AvgIpc) is 2.84. The van der Waals surface area contributed by atoms with Crippen LogP contribution in [0.2, 0.25) is 0 Å². The highest BCUT2D eigenvalue weighted by Gasteiger charge is 2.36. The van der Waals surface area contributed by atoms with Crippen LogP contribution in [0.3, 0.4) is 0 Å². The number of nitriles is 1. The van der Waals surface area contributed by atoms with Crippen LogP contribution in [0.25, 0.3) is 0 Å². The molecule has 1 N–H and O–H groups in total. The summed E-state index contributed by atoms with van der Waals surface area (Å²) in [6.07, 6.45) is 5.05. The maximum atomic E-state index is 12.3. The smallest absolute Gasteiger partial charge is 0.240 e. The molecule has 1 heterocycles. The van der Waals surface area contributed by atoms with E-state index in [9.17, 15) is 10.1 Å². The van der Waals surface area contributed by atoms with Crippen molar-refractivity contribution in [1.29, 1.82) is 5.26 Å². The van der Waals surface area contributed by atoms with Gasteiger partial charge in [-0.3, -0.25) is 9.48 Å². The van der Waals surface area contributed by atoms with E-state index in [0.717, 1.165) is 12.8 Å². The van der Waals surface area contributed by atoms with Crippen LogP contribution in [0, 0.1) is 16.7 Å². The number of aromatic nitrogens is 3. The van der Waals surface area contributed by atoms with Gasteiger partial charge in [-0.2, -0.15) is 10.4 Å². The predicted octanol–water partition coefficient (Wildman–Crippen LogP) is 1.58. The molecule has 0 aliphatic heterocycles. The Morgan fingerprint density at radius 1 is 1.45 bits per heavy atom. The van der Waals surface area contributed by atoms with E-state index in [1.54, 1.807) is 18.1 Å². The first-order chi connectivity index (χ1) is 9.57. The number of hydrogen-bond acceptors (Lipinski definition) is 4. The van der Waals surface area contributed by atoms with Gasteiger partial charge in [0, 0.05) is 20.0 Å². The van der Waals surface area contributed by atoms with Gasteiger partial charge in [-0.25, -0.2) is 4.98 Å². The maximum absolute atomic E-state index is 12.3. The highest BCUT2D eigenvalue weighted by Crippen LogP contribution is 2.29. The van der Waals surface area contributed by atoms with Crippen molar-refractivity contribution in [1.82, 2.24) is 20.1 Å². The fourth-order valence-corrected chi connectivity index (χ4v) is 2.32. The first kappa shape index (κ1) is 16.2. The number of carbonyl (C=O) groups excluding carboxylic acids is 1. The van der Waals surface area contributed by atoms with E-state index in [1.807, 2.05) is 13.8 Å². The van der Waals surface area contributed by atoms with Crippen molar-refractivity contribution in [2.45, 2.75) is 46.0 Å². The molecule has 0 saturated heterocycles. The summed E-state index contributed by atoms with van der Waals surface area (Å²) in [5, 5.41) is 16.4. The lowest BCUT2D eigenvalue weighted by Gasteiger charge is -2.24. The fraction of sp³-hybridized carbons (Fsp3) is 0.714. The van der Waals surface area contributed by atoms with Crippen LogP contribution in [0.5, 0.6) is 0 Å². The fourth-order valence-electron chi connectivity index (χ4n) is 2.32. The lowest BCUT2D eigenvalue weighted by molar-refractivity contribution is -0.128. The first-order valence-electron chi connectivity index (χ1n) is 7.12. The lowest BCUT2D eigenvalue weighted by Crippen LogP contribution is -2.41. The molecule has 1 aromatic rings. The molecule has 0 aliphatic carbocycles. The van der Waals surface area contributed by atoms with E-state index in [0.29, 0.717) is 31.6 Å². The second-order valence-corrected chi connectivity index (χ2v) is 5.03. The Morgan fingerprint density at radius 2 is 2.10 bits per heavy atom. The molecule has 110 valence electrons. The monoisotopic (exact) mass is 277 g/mol. The Kier molecular flexibility index (Phi) is 6.16. The summed E-state index contributed by atoms with van der Waals surface area (Å²) < 4.78 is 1.63. The zero-order valence-electron chi connectivity index (χ0n) is 12.5. The third kappa shape index (κ3) is 4.05. The summed E-state index contributed by atoms with van der Waals surface area (Å²) in [5.74, 6) is 0.529. The van der Waals surface area contributed by atoms with Gasteiger partial charge in [0.15, 0.2) is 5.82 Å². The molecule has 0 saturated carbocycles. The van der Waals surface area contributed by atoms with E-state index >= 15 is 0 Å². The van der Waals surface area contributed by atoms with Crippen molar-refractivity contribution in [3.05, 3.63) is 12.2 Å². The Morgan fingerprint density at radius 3 is 2.55 bits per heavy atom. The summed E-state index contributed by atoms with van der Waals surface area (Å²) in [4.78, 5) is 16.4. The quantitative estimate of drug-likeness (QED) is 0.782. The highest BCUT2D eigenvalue weighted by molar-refractivity contribution is 5.85. The number of aryl methyl sites for hydroxylation is 1. The molecule has 1 rings (SSSR count). The van der Waals surface area contributed by atoms with Gasteiger partial charge in [0.1, 0.15) is 11.7 Å². The molecule has 0 bridgehead atoms. The van der Waals surface area contributed by atoms with Crippen LogP contribution >= 0.6 is 0 Å². The van der Waals surface area contributed by atoms with E-state index in [1.165, 1.54) is 0 Å². The molecular formula is C14H23N5O. The SMILES string of the molecule is CCCC(C#N)(CCC)C(=O)NCCc1ncn(C)n1. The molecule has 6 nitrogen and oxygen atoms in total. The van der Waals surface area contributed by atoms with Crippen LogP contribution in [0.4, 0.5) is 0 Å². The van der Waals surface area contributed by atoms with Gasteiger partial charge in [0.05, 0.1) is 6.07 Å². The van der Waals surface area contributed by atoms with Crippen LogP contribution in [-0.4, -0.2) is 27.2 Å². The Hall–Kier alpha value is -1.90. The molecule has 0 aromatic carbocycles. The van der Waals surface area contributed by atoms with Gasteiger partial charge < -0.3 is 5.32 Å². The second kappa shape index (κ2) is 7.63. The number of nitrogens with zero attached hydrogens (tertiary/aromatic N) is 4. The minimum absolute atomic E-state index is 0.167. The topological polar surface area (TPSA) is 83.6 Å². The molecule has 0 atom stereocenters. The number of rotatable bonds is 8. The van der Waals surface area contributed by atoms with Crippen molar-refractivity contribution < 1.29 is 4.79 Å². The Bertz CT molecular complexity index is 468. The zero-order valence-corrected chi connectivity index (χ0v) is 12.5. The number of carbonyl (C=O) groups is 1. The molecule has 6 heteroatoms. The van der Waals surface area contributed by atoms with Crippen LogP contribution in [-0.2, 0) is 18.3 Å². The largest absolute Gasteiger partial charge is 0.354 e. The minimum Gasteiger partial charge on any atom is -0.354 e. The summed E-state index contributed by atoms with van der Waals surface area (Å²) in [5.41, 5.74) is -0.888. The van der Waals surface area contributed by atoms with E-state index in [4.69, 9.17) is 0 Å². The standard InChI is InChI=1S/C14H23N5O/c1-4-7-14(10-15,8-5-2)13(20)16-9-6-12-17-11-19(3)18-12/h11H,4-9H2,1-3H3,(H,16,20). The number of nitrogens with one attached hydrogen (secondary N) is 1. The average molecular weight is 277 g/mol. The first-order valence-corrected chi connectivity index (χ1v) is 7.12. The van der Waals surface area contributed by atoms with E-state index < -0.39 is 5.41 Å². The molecule has 0 fully saturated rings. The molecular weight excluding hydrogens is 254 g/mol. The van der Waals surface area contributed by atoms with Crippen molar-refractivity contribution >= 4 is 5.91 Å². The Labute approximate surface area is 120 Å². The molecule has 1 amide bonds. The summed E-state index contributed by atoms with van der Waals surface area (Å²) in [6.45, 7) is 4.44. The van der Waals surface area contributed by atoms with Crippen LogP contribution in [0.1, 0.15) is 45.4 Å². The third-order valence-electron chi connectivity index (χ3n) is 3.28. The molecule has 0 radical (unpaired) electrons. The van der Waals surface area contributed by atoms with Gasteiger partial charge in [-0.05, 0) is 12.8 Å². The number of amides is 1. The molecule has 1 aromatic heterocycles. The van der Waals surface area contributed by atoms with Gasteiger partial charge >= 0.3 is 0 Å². The van der Waals surface area contributed by atoms with E-state index in [-0.39, 0.29) is 5.91 Å². The molecule has 20 heavy (non-hydrogen) atoms. The van der Waals surface area contributed by atoms with Crippen molar-refractivity contribution in [2.24, 2.45) is 12.5 Å². The number of hydrogen-bond donors (Lipinski definition) is 1. The van der Waals surface area contributed by atoms with Gasteiger partial charge in [-0.1, -0.05) is 26.7 Å². The predicted molar refractivity (Wildman–Crippen MR) is 75.6 cm³/mol. The van der Waals surface area contributed by atoms with Crippen LogP contribution in [0.15, 0.2) is 6.33 Å². The maximum Gasteiger partial charge on any atom is 0.240 e. The van der Waals surface area contributed by atoms with Crippen molar-refractivity contribution in [2.75, 3.05) is 6.54 Å². The third-order valence-corrected chi connectivity index (χ3v) is 3.28. The highest BCUT2D eigenvalue weighted by atomic mass is 16.2. The zero-order chi connectivity index (χ0) is 15.0. The normalized spacial score (nSPS) is 11.1. The molecule has 0 aliphatic rings. The molecule has 0 unspecified atom stereocenters. The van der Waals surface area contributed by atoms with Crippen LogP contribution < -0.4 is 5.32 Å². The van der Waals surface area contributed by atoms with Gasteiger partial charge in [0.2, 0.25) is 5.91 Å². The lowest BCUT2D eigenvalue weighted by atomic mass is 9.80. The van der Waals surface area contributed by atoms with Gasteiger partial charge in [-0.15, -0.1) is 0 Å². The molecule has 0 spiro atoms. The summed E-state index contributed by atoms with van der Waals surface area (Å²) in [7, 11) is 1.80. The minimum atomic E-state index is -0.888.